The maximum absolute atomic E-state index is 12.6. The minimum Gasteiger partial charge on any atom is -0.461 e. The number of nitrogens with one attached hydrogen (secondary N) is 1. The smallest absolute Gasteiger partial charge is 0.321 e. The highest BCUT2D eigenvalue weighted by atomic mass is 16.3. The van der Waals surface area contributed by atoms with E-state index in [1.54, 1.807) is 12.5 Å². The zero-order chi connectivity index (χ0) is 17.2. The molecule has 1 saturated heterocycles. The maximum atomic E-state index is 12.6. The van der Waals surface area contributed by atoms with Crippen LogP contribution < -0.4 is 5.32 Å². The summed E-state index contributed by atoms with van der Waals surface area (Å²) in [6.07, 6.45) is 5.34. The lowest BCUT2D eigenvalue weighted by atomic mass is 9.95. The van der Waals surface area contributed by atoms with E-state index in [0.717, 1.165) is 47.5 Å². The highest BCUT2D eigenvalue weighted by Crippen LogP contribution is 2.26. The van der Waals surface area contributed by atoms with Gasteiger partial charge in [-0.2, -0.15) is 0 Å². The quantitative estimate of drug-likeness (QED) is 0.769. The first-order valence-electron chi connectivity index (χ1n) is 8.51. The van der Waals surface area contributed by atoms with Crippen molar-refractivity contribution in [2.45, 2.75) is 25.7 Å². The molecule has 0 spiro atoms. The molecule has 0 unspecified atom stereocenters. The number of urea groups is 1. The molecule has 3 heterocycles. The summed E-state index contributed by atoms with van der Waals surface area (Å²) < 4.78 is 5.57. The average molecular weight is 336 g/mol. The molecule has 0 saturated carbocycles. The second-order valence-electron chi connectivity index (χ2n) is 6.46. The fraction of sp³-hybridized carbons (Fsp3) is 0.316. The Labute approximate surface area is 145 Å². The molecule has 3 aromatic rings. The number of furan rings is 1. The number of aryl methyl sites for hydroxylation is 1. The third-order valence-corrected chi connectivity index (χ3v) is 4.62. The van der Waals surface area contributed by atoms with E-state index in [-0.39, 0.29) is 11.9 Å². The SMILES string of the molecule is Cc1cc2cc(NC(=O)N3CCC[C@@H](c4ccncn4)C3)ccc2o1. The number of hydrogen-bond donors (Lipinski definition) is 1. The van der Waals surface area contributed by atoms with Crippen molar-refractivity contribution in [3.8, 4) is 0 Å². The van der Waals surface area contributed by atoms with Gasteiger partial charge in [-0.1, -0.05) is 0 Å². The summed E-state index contributed by atoms with van der Waals surface area (Å²) in [6.45, 7) is 3.36. The fourth-order valence-corrected chi connectivity index (χ4v) is 3.40. The topological polar surface area (TPSA) is 71.3 Å². The molecular weight excluding hydrogens is 316 g/mol. The first-order valence-corrected chi connectivity index (χ1v) is 8.51. The van der Waals surface area contributed by atoms with Crippen molar-refractivity contribution in [2.24, 2.45) is 0 Å². The Morgan fingerprint density at radius 1 is 1.32 bits per heavy atom. The van der Waals surface area contributed by atoms with Gasteiger partial charge in [-0.15, -0.1) is 0 Å². The van der Waals surface area contributed by atoms with Crippen LogP contribution in [0, 0.1) is 6.92 Å². The van der Waals surface area contributed by atoms with E-state index >= 15 is 0 Å². The molecule has 1 aromatic carbocycles. The van der Waals surface area contributed by atoms with Crippen LogP contribution in [0.4, 0.5) is 10.5 Å². The average Bonchev–Trinajstić information content (AvgIpc) is 3.02. The summed E-state index contributed by atoms with van der Waals surface area (Å²) >= 11 is 0. The molecule has 1 aliphatic rings. The van der Waals surface area contributed by atoms with Gasteiger partial charge in [0.2, 0.25) is 0 Å². The van der Waals surface area contributed by atoms with Gasteiger partial charge in [0.15, 0.2) is 0 Å². The van der Waals surface area contributed by atoms with E-state index in [2.05, 4.69) is 15.3 Å². The number of hydrogen-bond acceptors (Lipinski definition) is 4. The molecule has 6 heteroatoms. The lowest BCUT2D eigenvalue weighted by Crippen LogP contribution is -2.41. The van der Waals surface area contributed by atoms with Crippen molar-refractivity contribution in [1.29, 1.82) is 0 Å². The van der Waals surface area contributed by atoms with Crippen molar-refractivity contribution in [3.63, 3.8) is 0 Å². The lowest BCUT2D eigenvalue weighted by molar-refractivity contribution is 0.192. The van der Waals surface area contributed by atoms with Crippen molar-refractivity contribution in [2.75, 3.05) is 18.4 Å². The van der Waals surface area contributed by atoms with Crippen LogP contribution in [-0.4, -0.2) is 34.0 Å². The summed E-state index contributed by atoms with van der Waals surface area (Å²) in [6, 6.07) is 9.53. The molecule has 0 radical (unpaired) electrons. The van der Waals surface area contributed by atoms with Crippen molar-refractivity contribution in [3.05, 3.63) is 54.3 Å². The Kier molecular flexibility index (Phi) is 4.09. The third-order valence-electron chi connectivity index (χ3n) is 4.62. The van der Waals surface area contributed by atoms with E-state index in [4.69, 9.17) is 4.42 Å². The fourth-order valence-electron chi connectivity index (χ4n) is 3.40. The second-order valence-corrected chi connectivity index (χ2v) is 6.46. The van der Waals surface area contributed by atoms with Crippen LogP contribution in [0.3, 0.4) is 0 Å². The minimum absolute atomic E-state index is 0.0710. The number of nitrogens with zero attached hydrogens (tertiary/aromatic N) is 3. The Morgan fingerprint density at radius 2 is 2.24 bits per heavy atom. The van der Waals surface area contributed by atoms with Crippen molar-refractivity contribution >= 4 is 22.7 Å². The molecule has 6 nitrogen and oxygen atoms in total. The molecule has 1 aliphatic heterocycles. The summed E-state index contributed by atoms with van der Waals surface area (Å²) in [5.74, 6) is 1.13. The monoisotopic (exact) mass is 336 g/mol. The van der Waals surface area contributed by atoms with E-state index in [9.17, 15) is 4.79 Å². The molecule has 2 aromatic heterocycles. The number of likely N-dealkylation sites (tertiary alicyclic amines) is 1. The van der Waals surface area contributed by atoms with Gasteiger partial charge in [-0.25, -0.2) is 14.8 Å². The van der Waals surface area contributed by atoms with Crippen LogP contribution in [0.25, 0.3) is 11.0 Å². The standard InChI is InChI=1S/C19H20N4O2/c1-13-9-15-10-16(4-5-18(15)25-13)22-19(24)23-8-2-3-14(11-23)17-6-7-20-12-21-17/h4-7,9-10,12,14H,2-3,8,11H2,1H3,(H,22,24)/t14-/m1/s1. The lowest BCUT2D eigenvalue weighted by Gasteiger charge is -2.32. The number of amides is 2. The van der Waals surface area contributed by atoms with Crippen LogP contribution in [0.1, 0.15) is 30.2 Å². The van der Waals surface area contributed by atoms with Gasteiger partial charge >= 0.3 is 6.03 Å². The molecule has 0 aliphatic carbocycles. The highest BCUT2D eigenvalue weighted by Gasteiger charge is 2.25. The predicted molar refractivity (Wildman–Crippen MR) is 95.5 cm³/mol. The Morgan fingerprint density at radius 3 is 3.08 bits per heavy atom. The predicted octanol–water partition coefficient (Wildman–Crippen LogP) is 3.94. The summed E-state index contributed by atoms with van der Waals surface area (Å²) in [4.78, 5) is 22.8. The van der Waals surface area contributed by atoms with Crippen LogP contribution in [0.5, 0.6) is 0 Å². The van der Waals surface area contributed by atoms with Crippen molar-refractivity contribution in [1.82, 2.24) is 14.9 Å². The van der Waals surface area contributed by atoms with Gasteiger partial charge in [0, 0.05) is 42.0 Å². The number of carbonyl (C=O) groups excluding carboxylic acids is 1. The van der Waals surface area contributed by atoms with Crippen LogP contribution in [0.2, 0.25) is 0 Å². The minimum atomic E-state index is -0.0710. The number of anilines is 1. The Balaban J connectivity index is 1.46. The number of benzene rings is 1. The van der Waals surface area contributed by atoms with Gasteiger partial charge in [0.1, 0.15) is 17.7 Å². The van der Waals surface area contributed by atoms with Gasteiger partial charge in [-0.3, -0.25) is 0 Å². The zero-order valence-corrected chi connectivity index (χ0v) is 14.1. The number of rotatable bonds is 2. The van der Waals surface area contributed by atoms with Gasteiger partial charge in [-0.05, 0) is 50.1 Å². The first kappa shape index (κ1) is 15.6. The molecule has 0 bridgehead atoms. The molecule has 4 rings (SSSR count). The largest absolute Gasteiger partial charge is 0.461 e. The highest BCUT2D eigenvalue weighted by molar-refractivity contribution is 5.92. The van der Waals surface area contributed by atoms with E-state index in [1.807, 2.05) is 42.2 Å². The normalized spacial score (nSPS) is 17.6. The molecular formula is C19H20N4O2. The number of piperidine rings is 1. The number of aromatic nitrogens is 2. The molecule has 1 fully saturated rings. The van der Waals surface area contributed by atoms with E-state index in [1.165, 1.54) is 0 Å². The summed E-state index contributed by atoms with van der Waals surface area (Å²) in [5.41, 5.74) is 2.61. The van der Waals surface area contributed by atoms with Crippen LogP contribution in [0.15, 0.2) is 47.3 Å². The molecule has 2 amide bonds. The zero-order valence-electron chi connectivity index (χ0n) is 14.1. The molecule has 1 atom stereocenters. The van der Waals surface area contributed by atoms with Crippen LogP contribution >= 0.6 is 0 Å². The van der Waals surface area contributed by atoms with E-state index in [0.29, 0.717) is 6.54 Å². The van der Waals surface area contributed by atoms with E-state index < -0.39 is 0 Å². The number of fused-ring (bicyclic) bond motifs is 1. The Hall–Kier alpha value is -2.89. The van der Waals surface area contributed by atoms with Crippen LogP contribution in [-0.2, 0) is 0 Å². The molecule has 25 heavy (non-hydrogen) atoms. The van der Waals surface area contributed by atoms with Crippen molar-refractivity contribution < 1.29 is 9.21 Å². The van der Waals surface area contributed by atoms with Gasteiger partial charge < -0.3 is 14.6 Å². The maximum Gasteiger partial charge on any atom is 0.321 e. The first-order chi connectivity index (χ1) is 12.2. The number of carbonyl (C=O) groups is 1. The second kappa shape index (κ2) is 6.55. The molecule has 1 N–H and O–H groups in total. The van der Waals surface area contributed by atoms with Gasteiger partial charge in [0.05, 0.1) is 0 Å². The molecule has 128 valence electrons. The third kappa shape index (κ3) is 3.33. The Bertz CT molecular complexity index is 891. The summed E-state index contributed by atoms with van der Waals surface area (Å²) in [5, 5.41) is 3.99. The summed E-state index contributed by atoms with van der Waals surface area (Å²) in [7, 11) is 0. The van der Waals surface area contributed by atoms with Gasteiger partial charge in [0.25, 0.3) is 0 Å².